The van der Waals surface area contributed by atoms with Crippen LogP contribution in [0.4, 0.5) is 0 Å². The van der Waals surface area contributed by atoms with Gasteiger partial charge in [-0.15, -0.1) is 0 Å². The summed E-state index contributed by atoms with van der Waals surface area (Å²) in [5, 5.41) is 4.98. The van der Waals surface area contributed by atoms with Gasteiger partial charge in [0.25, 0.3) is 0 Å². The molecule has 7 aromatic rings. The molecule has 4 heterocycles. The summed E-state index contributed by atoms with van der Waals surface area (Å²) in [5.41, 5.74) is 12.5. The maximum atomic E-state index is 6.27. The molecular weight excluding hydrogens is 833 g/mol. The summed E-state index contributed by atoms with van der Waals surface area (Å²) in [6.07, 6.45) is 16.6. The number of benzene rings is 5. The van der Waals surface area contributed by atoms with Gasteiger partial charge in [0, 0.05) is 70.2 Å². The summed E-state index contributed by atoms with van der Waals surface area (Å²) in [7, 11) is 0. The first-order valence-corrected chi connectivity index (χ1v) is 25.0. The smallest absolute Gasteiger partial charge is 0.0717 e. The molecule has 2 aliphatic heterocycles. The van der Waals surface area contributed by atoms with Crippen LogP contribution in [0.15, 0.2) is 121 Å². The van der Waals surface area contributed by atoms with E-state index in [4.69, 9.17) is 28.4 Å². The van der Waals surface area contributed by atoms with Gasteiger partial charge in [-0.1, -0.05) is 68.5 Å². The zero-order valence-corrected chi connectivity index (χ0v) is 39.7. The Morgan fingerprint density at radius 3 is 1.55 bits per heavy atom. The standard InChI is InChI=1S/C59H68N2O6/c1-3-59(42-67-43-59)41-65-31-15-7-13-29-63-37-45-21-25-55-51(33-45)53-35-47(23-27-57(53)61(55)49-18-10-5-11-19-49)46-22-26-56-52(34-46)50-32-44(20-24-54(50)60(56)48-16-8-4-9-17-48)36-62-28-12-6-14-30-64-38-58(2)39-66-40-58/h5,8,10-11,16-27,32-35H,3-4,6-7,9,12-15,28-31,36-43H2,1-2H3. The molecule has 0 N–H and O–H groups in total. The number of para-hydroxylation sites is 1. The van der Waals surface area contributed by atoms with Crippen LogP contribution in [-0.2, 0) is 41.6 Å². The van der Waals surface area contributed by atoms with Crippen LogP contribution in [0.2, 0.25) is 0 Å². The molecule has 0 bridgehead atoms. The number of hydrogen-bond acceptors (Lipinski definition) is 6. The Hall–Kier alpha value is -5.06. The second-order valence-corrected chi connectivity index (χ2v) is 19.8. The lowest BCUT2D eigenvalue weighted by Crippen LogP contribution is -2.45. The molecular formula is C59H68N2O6. The third kappa shape index (κ3) is 10.2. The fourth-order valence-corrected chi connectivity index (χ4v) is 10.0. The number of hydrogen-bond donors (Lipinski definition) is 0. The first-order valence-electron chi connectivity index (χ1n) is 25.0. The van der Waals surface area contributed by atoms with Crippen LogP contribution >= 0.6 is 0 Å². The van der Waals surface area contributed by atoms with Crippen LogP contribution < -0.4 is 0 Å². The summed E-state index contributed by atoms with van der Waals surface area (Å²) in [6, 6.07) is 38.5. The molecule has 5 aromatic carbocycles. The number of ether oxygens (including phenoxy) is 6. The highest BCUT2D eigenvalue weighted by atomic mass is 16.5. The van der Waals surface area contributed by atoms with Crippen molar-refractivity contribution in [1.82, 2.24) is 9.13 Å². The van der Waals surface area contributed by atoms with Crippen molar-refractivity contribution in [3.05, 3.63) is 132 Å². The van der Waals surface area contributed by atoms with Gasteiger partial charge in [0.2, 0.25) is 0 Å². The molecule has 8 nitrogen and oxygen atoms in total. The highest BCUT2D eigenvalue weighted by Crippen LogP contribution is 2.40. The summed E-state index contributed by atoms with van der Waals surface area (Å²) < 4.78 is 40.1. The van der Waals surface area contributed by atoms with Crippen LogP contribution in [0.25, 0.3) is 66.1 Å². The van der Waals surface area contributed by atoms with Crippen molar-refractivity contribution in [2.45, 2.75) is 84.8 Å². The average Bonchev–Trinajstić information content (AvgIpc) is 3.85. The van der Waals surface area contributed by atoms with Crippen LogP contribution in [0, 0.1) is 10.8 Å². The Labute approximate surface area is 396 Å². The number of aromatic nitrogens is 2. The van der Waals surface area contributed by atoms with E-state index in [0.717, 1.165) is 130 Å². The van der Waals surface area contributed by atoms with Crippen molar-refractivity contribution in [2.24, 2.45) is 10.8 Å². The summed E-state index contributed by atoms with van der Waals surface area (Å²) in [6.45, 7) is 13.7. The summed E-state index contributed by atoms with van der Waals surface area (Å²) >= 11 is 0. The van der Waals surface area contributed by atoms with Gasteiger partial charge in [0.15, 0.2) is 0 Å². The highest BCUT2D eigenvalue weighted by Gasteiger charge is 2.37. The van der Waals surface area contributed by atoms with E-state index in [1.165, 1.54) is 71.6 Å². The van der Waals surface area contributed by atoms with E-state index >= 15 is 0 Å². The molecule has 2 aromatic heterocycles. The molecule has 2 fully saturated rings. The normalized spacial score (nSPS) is 16.5. The van der Waals surface area contributed by atoms with Crippen molar-refractivity contribution in [1.29, 1.82) is 0 Å². The summed E-state index contributed by atoms with van der Waals surface area (Å²) in [5.74, 6) is 0. The van der Waals surface area contributed by atoms with Crippen LogP contribution in [0.1, 0.15) is 82.8 Å². The maximum absolute atomic E-state index is 6.27. The Morgan fingerprint density at radius 1 is 0.522 bits per heavy atom. The van der Waals surface area contributed by atoms with Crippen molar-refractivity contribution < 1.29 is 28.4 Å². The largest absolute Gasteiger partial charge is 0.381 e. The van der Waals surface area contributed by atoms with Crippen LogP contribution in [-0.4, -0.2) is 75.2 Å². The molecule has 0 unspecified atom stereocenters. The Bertz CT molecular complexity index is 2840. The first kappa shape index (κ1) is 45.7. The van der Waals surface area contributed by atoms with E-state index in [-0.39, 0.29) is 10.8 Å². The van der Waals surface area contributed by atoms with Gasteiger partial charge in [-0.2, -0.15) is 0 Å². The van der Waals surface area contributed by atoms with Crippen LogP contribution in [0.3, 0.4) is 0 Å². The molecule has 0 spiro atoms. The third-order valence-corrected chi connectivity index (χ3v) is 14.3. The zero-order valence-electron chi connectivity index (χ0n) is 39.7. The topological polar surface area (TPSA) is 65.2 Å². The van der Waals surface area contributed by atoms with E-state index in [1.54, 1.807) is 0 Å². The number of fused-ring (bicyclic) bond motifs is 6. The number of allylic oxidation sites excluding steroid dienone is 4. The Balaban J connectivity index is 0.865. The van der Waals surface area contributed by atoms with Gasteiger partial charge in [-0.3, -0.25) is 0 Å². The van der Waals surface area contributed by atoms with Gasteiger partial charge in [0.1, 0.15) is 0 Å². The average molecular weight is 901 g/mol. The SMILES string of the molecule is CCC1(COCCCCCOCc2ccc3c(c2)c2cc(-c4ccc5c(c4)c4cc(COCCCCCOCC6(C)COC6)ccc4n5C4=CCCC=C4)ccc2n3-c2ccccc2)COC1. The number of rotatable bonds is 24. The number of nitrogens with zero attached hydrogens (tertiary/aromatic N) is 2. The molecule has 3 aliphatic rings. The fourth-order valence-electron chi connectivity index (χ4n) is 10.0. The lowest BCUT2D eigenvalue weighted by Gasteiger charge is -2.40. The first-order chi connectivity index (χ1) is 33.0. The van der Waals surface area contributed by atoms with E-state index < -0.39 is 0 Å². The van der Waals surface area contributed by atoms with E-state index in [0.29, 0.717) is 13.2 Å². The second kappa shape index (κ2) is 21.1. The van der Waals surface area contributed by atoms with Crippen molar-refractivity contribution >= 4 is 49.3 Å². The molecule has 0 saturated carbocycles. The third-order valence-electron chi connectivity index (χ3n) is 14.3. The molecule has 10 rings (SSSR count). The predicted octanol–water partition coefficient (Wildman–Crippen LogP) is 13.6. The van der Waals surface area contributed by atoms with Crippen molar-refractivity contribution in [3.8, 4) is 16.8 Å². The molecule has 1 aliphatic carbocycles. The predicted molar refractivity (Wildman–Crippen MR) is 273 cm³/mol. The van der Waals surface area contributed by atoms with Gasteiger partial charge >= 0.3 is 0 Å². The molecule has 2 saturated heterocycles. The Morgan fingerprint density at radius 2 is 1.04 bits per heavy atom. The quantitative estimate of drug-likeness (QED) is 0.0563. The molecule has 8 heteroatoms. The van der Waals surface area contributed by atoms with Crippen molar-refractivity contribution in [2.75, 3.05) is 66.1 Å². The van der Waals surface area contributed by atoms with Gasteiger partial charge in [-0.25, -0.2) is 0 Å². The minimum Gasteiger partial charge on any atom is -0.381 e. The Kier molecular flexibility index (Phi) is 14.4. The molecule has 0 radical (unpaired) electrons. The lowest BCUT2D eigenvalue weighted by atomic mass is 9.84. The number of unbranched alkanes of at least 4 members (excludes halogenated alkanes) is 4. The minimum atomic E-state index is 0.213. The van der Waals surface area contributed by atoms with E-state index in [1.807, 2.05) is 0 Å². The van der Waals surface area contributed by atoms with Crippen LogP contribution in [0.5, 0.6) is 0 Å². The monoisotopic (exact) mass is 901 g/mol. The zero-order chi connectivity index (χ0) is 45.5. The molecule has 0 amide bonds. The molecule has 67 heavy (non-hydrogen) atoms. The van der Waals surface area contributed by atoms with Gasteiger partial charge in [0.05, 0.1) is 74.9 Å². The van der Waals surface area contributed by atoms with E-state index in [9.17, 15) is 0 Å². The highest BCUT2D eigenvalue weighted by molar-refractivity contribution is 6.13. The van der Waals surface area contributed by atoms with Crippen molar-refractivity contribution in [3.63, 3.8) is 0 Å². The minimum absolute atomic E-state index is 0.213. The molecule has 0 atom stereocenters. The molecule has 350 valence electrons. The second-order valence-electron chi connectivity index (χ2n) is 19.8. The lowest BCUT2D eigenvalue weighted by molar-refractivity contribution is -0.150. The van der Waals surface area contributed by atoms with Gasteiger partial charge in [-0.05, 0) is 147 Å². The fraction of sp³-hybridized carbons (Fsp3) is 0.424. The maximum Gasteiger partial charge on any atom is 0.0717 e. The summed E-state index contributed by atoms with van der Waals surface area (Å²) in [4.78, 5) is 0. The van der Waals surface area contributed by atoms with E-state index in [2.05, 4.69) is 144 Å². The van der Waals surface area contributed by atoms with Gasteiger partial charge < -0.3 is 37.6 Å².